The Morgan fingerprint density at radius 1 is 1.59 bits per heavy atom. The quantitative estimate of drug-likeness (QED) is 0.769. The molecule has 4 heteroatoms. The first-order valence-corrected chi connectivity index (χ1v) is 6.26. The highest BCUT2D eigenvalue weighted by Gasteiger charge is 2.24. The van der Waals surface area contributed by atoms with Crippen molar-refractivity contribution in [1.29, 1.82) is 0 Å². The van der Waals surface area contributed by atoms with Crippen LogP contribution >= 0.6 is 11.6 Å². The van der Waals surface area contributed by atoms with Crippen LogP contribution in [0.25, 0.3) is 0 Å². The fourth-order valence-corrected chi connectivity index (χ4v) is 2.48. The van der Waals surface area contributed by atoms with Crippen LogP contribution in [-0.4, -0.2) is 36.5 Å². The van der Waals surface area contributed by atoms with Gasteiger partial charge in [0.1, 0.15) is 17.7 Å². The molecule has 0 radical (unpaired) electrons. The zero-order valence-electron chi connectivity index (χ0n) is 10.1. The van der Waals surface area contributed by atoms with Gasteiger partial charge in [-0.3, -0.25) is 0 Å². The van der Waals surface area contributed by atoms with Gasteiger partial charge in [0, 0.05) is 30.5 Å². The number of fused-ring (bicyclic) bond motifs is 1. The average Bonchev–Trinajstić information content (AvgIpc) is 2.57. The average molecular weight is 258 g/mol. The molecule has 0 fully saturated rings. The van der Waals surface area contributed by atoms with Crippen molar-refractivity contribution in [2.45, 2.75) is 24.8 Å². The molecule has 0 bridgehead atoms. The van der Waals surface area contributed by atoms with E-state index in [1.807, 2.05) is 14.0 Å². The van der Waals surface area contributed by atoms with Gasteiger partial charge in [0.25, 0.3) is 0 Å². The number of ether oxygens (including phenoxy) is 1. The van der Waals surface area contributed by atoms with E-state index in [1.165, 1.54) is 6.07 Å². The fraction of sp³-hybridized carbons (Fsp3) is 0.538. The predicted molar refractivity (Wildman–Crippen MR) is 67.3 cm³/mol. The van der Waals surface area contributed by atoms with Crippen molar-refractivity contribution in [1.82, 2.24) is 4.90 Å². The van der Waals surface area contributed by atoms with Crippen LogP contribution < -0.4 is 4.74 Å². The monoisotopic (exact) mass is 257 g/mol. The second-order valence-corrected chi connectivity index (χ2v) is 5.44. The van der Waals surface area contributed by atoms with Crippen molar-refractivity contribution in [2.24, 2.45) is 0 Å². The van der Waals surface area contributed by atoms with Gasteiger partial charge < -0.3 is 9.64 Å². The van der Waals surface area contributed by atoms with E-state index in [-0.39, 0.29) is 17.3 Å². The van der Waals surface area contributed by atoms with E-state index >= 15 is 0 Å². The summed E-state index contributed by atoms with van der Waals surface area (Å²) >= 11 is 5.94. The van der Waals surface area contributed by atoms with E-state index in [2.05, 4.69) is 4.90 Å². The second-order valence-electron chi connectivity index (χ2n) is 4.70. The van der Waals surface area contributed by atoms with Crippen molar-refractivity contribution in [3.8, 4) is 5.75 Å². The Bertz CT molecular complexity index is 397. The minimum atomic E-state index is -0.198. The first-order chi connectivity index (χ1) is 8.04. The number of likely N-dealkylation sites (N-methyl/N-ethyl adjacent to an activating group) is 1. The maximum Gasteiger partial charge on any atom is 0.123 e. The number of hydrogen-bond donors (Lipinski definition) is 0. The van der Waals surface area contributed by atoms with E-state index in [0.717, 1.165) is 30.8 Å². The van der Waals surface area contributed by atoms with E-state index in [0.29, 0.717) is 0 Å². The van der Waals surface area contributed by atoms with Gasteiger partial charge in [0.2, 0.25) is 0 Å². The van der Waals surface area contributed by atoms with E-state index < -0.39 is 0 Å². The molecular formula is C13H17ClFNO. The summed E-state index contributed by atoms with van der Waals surface area (Å²) in [5, 5.41) is 0.126. The summed E-state index contributed by atoms with van der Waals surface area (Å²) in [4.78, 5) is 2.14. The maximum atomic E-state index is 13.0. The topological polar surface area (TPSA) is 12.5 Å². The molecule has 17 heavy (non-hydrogen) atoms. The van der Waals surface area contributed by atoms with E-state index in [9.17, 15) is 4.39 Å². The lowest BCUT2D eigenvalue weighted by Crippen LogP contribution is -2.34. The smallest absolute Gasteiger partial charge is 0.123 e. The highest BCUT2D eigenvalue weighted by Crippen LogP contribution is 2.29. The third-order valence-electron chi connectivity index (χ3n) is 2.84. The molecule has 0 aromatic heterocycles. The Kier molecular flexibility index (Phi) is 3.89. The maximum absolute atomic E-state index is 13.0. The van der Waals surface area contributed by atoms with Crippen LogP contribution in [0.15, 0.2) is 18.2 Å². The van der Waals surface area contributed by atoms with Crippen molar-refractivity contribution in [3.63, 3.8) is 0 Å². The molecule has 2 atom stereocenters. The van der Waals surface area contributed by atoms with Gasteiger partial charge in [0.05, 0.1) is 0 Å². The van der Waals surface area contributed by atoms with Gasteiger partial charge in [-0.25, -0.2) is 4.39 Å². The number of benzene rings is 1. The molecule has 1 aromatic rings. The van der Waals surface area contributed by atoms with Gasteiger partial charge in [-0.15, -0.1) is 11.6 Å². The third kappa shape index (κ3) is 3.33. The van der Waals surface area contributed by atoms with Crippen molar-refractivity contribution < 1.29 is 9.13 Å². The normalized spacial score (nSPS) is 20.2. The largest absolute Gasteiger partial charge is 0.488 e. The fourth-order valence-electron chi connectivity index (χ4n) is 2.24. The van der Waals surface area contributed by atoms with Crippen LogP contribution in [0.1, 0.15) is 12.5 Å². The van der Waals surface area contributed by atoms with Gasteiger partial charge in [-0.2, -0.15) is 0 Å². The minimum Gasteiger partial charge on any atom is -0.488 e. The first kappa shape index (κ1) is 12.7. The molecule has 0 amide bonds. The number of halogens is 2. The Morgan fingerprint density at radius 2 is 2.35 bits per heavy atom. The van der Waals surface area contributed by atoms with E-state index in [4.69, 9.17) is 16.3 Å². The molecule has 0 N–H and O–H groups in total. The van der Waals surface area contributed by atoms with Crippen LogP contribution in [0.2, 0.25) is 0 Å². The van der Waals surface area contributed by atoms with Crippen molar-refractivity contribution >= 4 is 11.6 Å². The molecule has 0 saturated carbocycles. The van der Waals surface area contributed by atoms with Crippen LogP contribution in [0.5, 0.6) is 5.75 Å². The van der Waals surface area contributed by atoms with Crippen molar-refractivity contribution in [3.05, 3.63) is 29.6 Å². The zero-order valence-corrected chi connectivity index (χ0v) is 10.9. The summed E-state index contributed by atoms with van der Waals surface area (Å²) < 4.78 is 18.8. The summed E-state index contributed by atoms with van der Waals surface area (Å²) in [6.45, 7) is 3.61. The van der Waals surface area contributed by atoms with Crippen LogP contribution in [0.3, 0.4) is 0 Å². The molecule has 0 saturated heterocycles. The number of hydrogen-bond acceptors (Lipinski definition) is 2. The molecule has 1 aliphatic rings. The molecule has 1 heterocycles. The third-order valence-corrected chi connectivity index (χ3v) is 2.98. The highest BCUT2D eigenvalue weighted by molar-refractivity contribution is 6.20. The number of nitrogens with zero attached hydrogens (tertiary/aromatic N) is 1. The Hall–Kier alpha value is -0.800. The standard InChI is InChI=1S/C13H17ClFNO/c1-9(14)7-16(2)8-12-6-10-5-11(15)3-4-13(10)17-12/h3-5,9,12H,6-8H2,1-2H3. The van der Waals surface area contributed by atoms with Crippen LogP contribution in [-0.2, 0) is 6.42 Å². The molecule has 1 aliphatic heterocycles. The molecule has 1 aromatic carbocycles. The summed E-state index contributed by atoms with van der Waals surface area (Å²) in [6, 6.07) is 4.69. The lowest BCUT2D eigenvalue weighted by molar-refractivity contribution is 0.169. The summed E-state index contributed by atoms with van der Waals surface area (Å²) in [7, 11) is 2.02. The van der Waals surface area contributed by atoms with Crippen LogP contribution in [0, 0.1) is 5.82 Å². The summed E-state index contributed by atoms with van der Waals surface area (Å²) in [6.07, 6.45) is 0.876. The van der Waals surface area contributed by atoms with Crippen LogP contribution in [0.4, 0.5) is 4.39 Å². The van der Waals surface area contributed by atoms with Gasteiger partial charge >= 0.3 is 0 Å². The molecule has 2 unspecified atom stereocenters. The Morgan fingerprint density at radius 3 is 3.06 bits per heavy atom. The number of alkyl halides is 1. The molecular weight excluding hydrogens is 241 g/mol. The summed E-state index contributed by atoms with van der Waals surface area (Å²) in [5.41, 5.74) is 0.960. The van der Waals surface area contributed by atoms with Gasteiger partial charge in [-0.05, 0) is 32.2 Å². The molecule has 94 valence electrons. The predicted octanol–water partition coefficient (Wildman–Crippen LogP) is 2.69. The highest BCUT2D eigenvalue weighted by atomic mass is 35.5. The van der Waals surface area contributed by atoms with Gasteiger partial charge in [-0.1, -0.05) is 0 Å². The summed E-state index contributed by atoms with van der Waals surface area (Å²) in [5.74, 6) is 0.611. The minimum absolute atomic E-state index is 0.104. The van der Waals surface area contributed by atoms with E-state index in [1.54, 1.807) is 12.1 Å². The lowest BCUT2D eigenvalue weighted by atomic mass is 10.1. The molecule has 0 spiro atoms. The molecule has 2 nitrogen and oxygen atoms in total. The lowest BCUT2D eigenvalue weighted by Gasteiger charge is -2.21. The van der Waals surface area contributed by atoms with Gasteiger partial charge in [0.15, 0.2) is 0 Å². The SMILES string of the molecule is CC(Cl)CN(C)CC1Cc2cc(F)ccc2O1. The number of rotatable bonds is 4. The molecule has 2 rings (SSSR count). The Labute approximate surface area is 106 Å². The van der Waals surface area contributed by atoms with Crippen molar-refractivity contribution in [2.75, 3.05) is 20.1 Å². The zero-order chi connectivity index (χ0) is 12.4. The second kappa shape index (κ2) is 5.23. The molecule has 0 aliphatic carbocycles. The Balaban J connectivity index is 1.92. The first-order valence-electron chi connectivity index (χ1n) is 5.82.